The summed E-state index contributed by atoms with van der Waals surface area (Å²) in [6, 6.07) is 8.34. The molecule has 29 heavy (non-hydrogen) atoms. The summed E-state index contributed by atoms with van der Waals surface area (Å²) in [6.45, 7) is 4.11. The van der Waals surface area contributed by atoms with Crippen LogP contribution in [0.25, 0.3) is 0 Å². The number of H-pyrrole nitrogens is 1. The van der Waals surface area contributed by atoms with Crippen LogP contribution in [0.4, 0.5) is 11.5 Å². The van der Waals surface area contributed by atoms with Gasteiger partial charge in [0.2, 0.25) is 0 Å². The van der Waals surface area contributed by atoms with Crippen LogP contribution in [-0.2, 0) is 11.3 Å². The Morgan fingerprint density at radius 1 is 1.24 bits per heavy atom. The number of anilines is 2. The first-order chi connectivity index (χ1) is 13.9. The van der Waals surface area contributed by atoms with Crippen LogP contribution in [0, 0.1) is 11.3 Å². The number of hydrogen-bond acceptors (Lipinski definition) is 6. The normalized spacial score (nSPS) is 10.4. The van der Waals surface area contributed by atoms with Crippen LogP contribution in [0.2, 0.25) is 0 Å². The number of carbonyl (C=O) groups is 1. The Balaban J connectivity index is 2.32. The number of benzene rings is 1. The molecular weight excluding hydrogens is 374 g/mol. The summed E-state index contributed by atoms with van der Waals surface area (Å²) in [5.41, 5.74) is 5.23. The van der Waals surface area contributed by atoms with E-state index < -0.39 is 17.2 Å². The molecule has 0 aliphatic rings. The molecule has 0 fully saturated rings. The summed E-state index contributed by atoms with van der Waals surface area (Å²) in [7, 11) is 0. The topological polar surface area (TPSA) is 134 Å². The molecule has 0 saturated carbocycles. The molecule has 154 valence electrons. The highest BCUT2D eigenvalue weighted by molar-refractivity contribution is 5.96. The molecule has 0 spiro atoms. The lowest BCUT2D eigenvalue weighted by Crippen LogP contribution is -2.43. The first-order valence-corrected chi connectivity index (χ1v) is 9.48. The Bertz CT molecular complexity index is 1000. The number of amides is 1. The molecule has 0 saturated heterocycles. The van der Waals surface area contributed by atoms with Crippen LogP contribution in [-0.4, -0.2) is 28.6 Å². The zero-order chi connectivity index (χ0) is 21.4. The molecule has 0 aliphatic carbocycles. The molecule has 3 N–H and O–H groups in total. The predicted octanol–water partition coefficient (Wildman–Crippen LogP) is 1.61. The fourth-order valence-electron chi connectivity index (χ4n) is 2.81. The Morgan fingerprint density at radius 2 is 1.93 bits per heavy atom. The highest BCUT2D eigenvalue weighted by Crippen LogP contribution is 2.19. The van der Waals surface area contributed by atoms with Crippen LogP contribution in [0.5, 0.6) is 5.75 Å². The summed E-state index contributed by atoms with van der Waals surface area (Å²) in [5.74, 6) is -0.0734. The van der Waals surface area contributed by atoms with Crippen molar-refractivity contribution in [3.05, 3.63) is 50.7 Å². The van der Waals surface area contributed by atoms with Crippen molar-refractivity contribution in [2.75, 3.05) is 23.8 Å². The van der Waals surface area contributed by atoms with E-state index >= 15 is 0 Å². The lowest BCUT2D eigenvalue weighted by Gasteiger charge is -2.24. The third kappa shape index (κ3) is 5.25. The number of aromatic nitrogens is 2. The molecule has 9 heteroatoms. The molecule has 1 aromatic heterocycles. The monoisotopic (exact) mass is 399 g/mol. The summed E-state index contributed by atoms with van der Waals surface area (Å²) >= 11 is 0. The maximum Gasteiger partial charge on any atom is 0.330 e. The molecule has 0 aliphatic heterocycles. The summed E-state index contributed by atoms with van der Waals surface area (Å²) in [5, 5.41) is 8.84. The van der Waals surface area contributed by atoms with Crippen molar-refractivity contribution < 1.29 is 9.53 Å². The first kappa shape index (κ1) is 21.8. The van der Waals surface area contributed by atoms with E-state index in [1.807, 2.05) is 19.9 Å². The second-order valence-electron chi connectivity index (χ2n) is 6.47. The van der Waals surface area contributed by atoms with Gasteiger partial charge in [-0.05, 0) is 37.1 Å². The second kappa shape index (κ2) is 10.1. The highest BCUT2D eigenvalue weighted by Gasteiger charge is 2.24. The summed E-state index contributed by atoms with van der Waals surface area (Å²) in [4.78, 5) is 40.9. The van der Waals surface area contributed by atoms with Gasteiger partial charge in [0.1, 0.15) is 11.6 Å². The molecule has 1 amide bonds. The molecule has 9 nitrogen and oxygen atoms in total. The average Bonchev–Trinajstić information content (AvgIpc) is 2.71. The third-order valence-corrected chi connectivity index (χ3v) is 4.31. The van der Waals surface area contributed by atoms with Crippen molar-refractivity contribution in [3.63, 3.8) is 0 Å². The predicted molar refractivity (Wildman–Crippen MR) is 110 cm³/mol. The maximum atomic E-state index is 12.9. The van der Waals surface area contributed by atoms with Crippen LogP contribution in [0.15, 0.2) is 33.9 Å². The molecule has 1 heterocycles. The quantitative estimate of drug-likeness (QED) is 0.658. The van der Waals surface area contributed by atoms with Gasteiger partial charge in [0.25, 0.3) is 11.5 Å². The van der Waals surface area contributed by atoms with Gasteiger partial charge in [-0.15, -0.1) is 0 Å². The molecule has 0 bridgehead atoms. The van der Waals surface area contributed by atoms with Gasteiger partial charge >= 0.3 is 5.69 Å². The Hall–Kier alpha value is -3.54. The summed E-state index contributed by atoms with van der Waals surface area (Å²) < 4.78 is 6.76. The number of ether oxygens (including phenoxy) is 1. The maximum absolute atomic E-state index is 12.9. The van der Waals surface area contributed by atoms with Crippen LogP contribution in [0.1, 0.15) is 38.7 Å². The highest BCUT2D eigenvalue weighted by atomic mass is 16.5. The third-order valence-electron chi connectivity index (χ3n) is 4.31. The number of aromatic amines is 1. The fourth-order valence-corrected chi connectivity index (χ4v) is 2.81. The number of nitrogen functional groups attached to an aromatic ring is 1. The molecule has 1 aromatic carbocycles. The number of nitrogens with two attached hydrogens (primary N) is 1. The number of rotatable bonds is 9. The van der Waals surface area contributed by atoms with Gasteiger partial charge < -0.3 is 15.4 Å². The zero-order valence-electron chi connectivity index (χ0n) is 16.6. The lowest BCUT2D eigenvalue weighted by molar-refractivity contribution is -0.120. The number of nitrogens with zero attached hydrogens (tertiary/aromatic N) is 3. The van der Waals surface area contributed by atoms with E-state index in [4.69, 9.17) is 15.7 Å². The van der Waals surface area contributed by atoms with Gasteiger partial charge in [-0.1, -0.05) is 20.3 Å². The number of hydrogen-bond donors (Lipinski definition) is 2. The molecule has 0 radical (unpaired) electrons. The van der Waals surface area contributed by atoms with E-state index in [0.29, 0.717) is 30.7 Å². The average molecular weight is 399 g/mol. The SMILES string of the molecule is CCCCN(C(=O)COc1ccc(C#N)cc1)c1c(N)n(CCC)c(=O)[nH]c1=O. The number of carbonyl (C=O) groups excluding carboxylic acids is 1. The van der Waals surface area contributed by atoms with Crippen LogP contribution >= 0.6 is 0 Å². The van der Waals surface area contributed by atoms with E-state index in [2.05, 4.69) is 4.98 Å². The number of nitriles is 1. The minimum Gasteiger partial charge on any atom is -0.484 e. The Kier molecular flexibility index (Phi) is 7.60. The van der Waals surface area contributed by atoms with Crippen molar-refractivity contribution in [2.45, 2.75) is 39.7 Å². The Labute approximate surface area is 168 Å². The summed E-state index contributed by atoms with van der Waals surface area (Å²) in [6.07, 6.45) is 2.08. The molecular formula is C20H25N5O4. The van der Waals surface area contributed by atoms with E-state index in [1.54, 1.807) is 24.3 Å². The molecule has 0 unspecified atom stereocenters. The number of unbranched alkanes of at least 4 members (excludes halogenated alkanes) is 1. The van der Waals surface area contributed by atoms with Gasteiger partial charge in [-0.25, -0.2) is 4.79 Å². The van der Waals surface area contributed by atoms with Crippen molar-refractivity contribution in [1.82, 2.24) is 9.55 Å². The van der Waals surface area contributed by atoms with Crippen molar-refractivity contribution in [1.29, 1.82) is 5.26 Å². The van der Waals surface area contributed by atoms with Crippen LogP contribution in [0.3, 0.4) is 0 Å². The lowest BCUT2D eigenvalue weighted by atomic mass is 10.2. The van der Waals surface area contributed by atoms with Gasteiger partial charge in [0.05, 0.1) is 11.6 Å². The Morgan fingerprint density at radius 3 is 2.52 bits per heavy atom. The van der Waals surface area contributed by atoms with E-state index in [-0.39, 0.29) is 24.7 Å². The van der Waals surface area contributed by atoms with Crippen molar-refractivity contribution in [3.8, 4) is 11.8 Å². The van der Waals surface area contributed by atoms with Gasteiger partial charge in [-0.3, -0.25) is 19.1 Å². The minimum absolute atomic E-state index is 0.0385. The second-order valence-corrected chi connectivity index (χ2v) is 6.47. The van der Waals surface area contributed by atoms with Gasteiger partial charge in [0, 0.05) is 13.1 Å². The molecule has 2 aromatic rings. The standard InChI is InChI=1S/C20H25N5O4/c1-3-5-11-24(16(26)13-29-15-8-6-14(12-21)7-9-15)17-18(22)25(10-4-2)20(28)23-19(17)27/h6-9H,3-5,10-11,13,22H2,1-2H3,(H,23,27,28). The van der Waals surface area contributed by atoms with Gasteiger partial charge in [0.15, 0.2) is 12.3 Å². The van der Waals surface area contributed by atoms with E-state index in [1.165, 1.54) is 9.47 Å². The largest absolute Gasteiger partial charge is 0.484 e. The van der Waals surface area contributed by atoms with E-state index in [0.717, 1.165) is 6.42 Å². The minimum atomic E-state index is -0.706. The number of nitrogens with one attached hydrogen (secondary N) is 1. The van der Waals surface area contributed by atoms with Crippen molar-refractivity contribution >= 4 is 17.4 Å². The molecule has 0 atom stereocenters. The zero-order valence-corrected chi connectivity index (χ0v) is 16.6. The van der Waals surface area contributed by atoms with Gasteiger partial charge in [-0.2, -0.15) is 5.26 Å². The fraction of sp³-hybridized carbons (Fsp3) is 0.400. The molecule has 2 rings (SSSR count). The van der Waals surface area contributed by atoms with E-state index in [9.17, 15) is 14.4 Å². The smallest absolute Gasteiger partial charge is 0.330 e. The van der Waals surface area contributed by atoms with Crippen LogP contribution < -0.4 is 26.6 Å². The van der Waals surface area contributed by atoms with Crippen molar-refractivity contribution in [2.24, 2.45) is 0 Å². The first-order valence-electron chi connectivity index (χ1n) is 9.48.